The minimum atomic E-state index is 0.0112. The van der Waals surface area contributed by atoms with E-state index >= 15 is 0 Å². The second-order valence-electron chi connectivity index (χ2n) is 4.78. The maximum atomic E-state index is 12.3. The number of carbonyl (C=O) groups excluding carboxylic acids is 1. The fourth-order valence-electron chi connectivity index (χ4n) is 2.24. The molecule has 1 aromatic rings. The summed E-state index contributed by atoms with van der Waals surface area (Å²) in [4.78, 5) is 18.2. The third kappa shape index (κ3) is 3.67. The fraction of sp³-hybridized carbons (Fsp3) is 0.571. The molecular formula is C14H21N3O2. The lowest BCUT2D eigenvalue weighted by atomic mass is 10.2. The Balaban J connectivity index is 1.99. The maximum Gasteiger partial charge on any atom is 0.253 e. The number of aromatic nitrogens is 1. The number of pyridine rings is 1. The van der Waals surface area contributed by atoms with Gasteiger partial charge in [-0.25, -0.2) is 4.98 Å². The van der Waals surface area contributed by atoms with E-state index in [0.29, 0.717) is 12.1 Å². The first-order chi connectivity index (χ1) is 9.20. The van der Waals surface area contributed by atoms with Gasteiger partial charge in [0.05, 0.1) is 6.10 Å². The number of amides is 1. The van der Waals surface area contributed by atoms with Crippen LogP contribution in [0.15, 0.2) is 18.3 Å². The highest BCUT2D eigenvalue weighted by Crippen LogP contribution is 2.15. The lowest BCUT2D eigenvalue weighted by molar-refractivity contribution is 0.0587. The van der Waals surface area contributed by atoms with E-state index in [2.05, 4.69) is 10.3 Å². The highest BCUT2D eigenvalue weighted by Gasteiger charge is 2.20. The van der Waals surface area contributed by atoms with Crippen LogP contribution in [0.1, 0.15) is 30.1 Å². The average molecular weight is 263 g/mol. The van der Waals surface area contributed by atoms with Crippen molar-refractivity contribution in [1.29, 1.82) is 0 Å². The molecule has 19 heavy (non-hydrogen) atoms. The summed E-state index contributed by atoms with van der Waals surface area (Å²) in [6.45, 7) is 4.25. The van der Waals surface area contributed by atoms with Crippen molar-refractivity contribution in [2.24, 2.45) is 0 Å². The summed E-state index contributed by atoms with van der Waals surface area (Å²) in [7, 11) is 1.82. The molecule has 1 aliphatic rings. The summed E-state index contributed by atoms with van der Waals surface area (Å²) in [6, 6.07) is 3.53. The molecule has 1 atom stereocenters. The van der Waals surface area contributed by atoms with E-state index in [-0.39, 0.29) is 12.0 Å². The Morgan fingerprint density at radius 3 is 3.16 bits per heavy atom. The molecule has 5 nitrogen and oxygen atoms in total. The smallest absolute Gasteiger partial charge is 0.253 e. The van der Waals surface area contributed by atoms with Crippen LogP contribution < -0.4 is 5.32 Å². The zero-order chi connectivity index (χ0) is 13.7. The van der Waals surface area contributed by atoms with Gasteiger partial charge in [0.15, 0.2) is 0 Å². The van der Waals surface area contributed by atoms with Crippen LogP contribution in [-0.4, -0.2) is 48.6 Å². The molecule has 0 aliphatic carbocycles. The van der Waals surface area contributed by atoms with Crippen molar-refractivity contribution in [2.75, 3.05) is 32.1 Å². The highest BCUT2D eigenvalue weighted by molar-refractivity contribution is 5.94. The second kappa shape index (κ2) is 6.52. The highest BCUT2D eigenvalue weighted by atomic mass is 16.5. The molecule has 104 valence electrons. The number of hydrogen-bond donors (Lipinski definition) is 1. The van der Waals surface area contributed by atoms with Gasteiger partial charge in [-0.05, 0) is 31.9 Å². The lowest BCUT2D eigenvalue weighted by Gasteiger charge is -2.21. The van der Waals surface area contributed by atoms with Crippen LogP contribution in [0.5, 0.6) is 0 Å². The van der Waals surface area contributed by atoms with Gasteiger partial charge in [-0.15, -0.1) is 0 Å². The summed E-state index contributed by atoms with van der Waals surface area (Å²) in [5.41, 5.74) is 0.659. The van der Waals surface area contributed by atoms with E-state index in [9.17, 15) is 4.79 Å². The van der Waals surface area contributed by atoms with Crippen LogP contribution in [-0.2, 0) is 4.74 Å². The van der Waals surface area contributed by atoms with Gasteiger partial charge in [0.1, 0.15) is 5.82 Å². The third-order valence-corrected chi connectivity index (χ3v) is 3.21. The molecular weight excluding hydrogens is 242 g/mol. The normalized spacial score (nSPS) is 18.3. The Morgan fingerprint density at radius 1 is 1.63 bits per heavy atom. The van der Waals surface area contributed by atoms with Gasteiger partial charge in [-0.1, -0.05) is 0 Å². The molecule has 0 saturated carbocycles. The van der Waals surface area contributed by atoms with Crippen LogP contribution in [0.4, 0.5) is 5.82 Å². The van der Waals surface area contributed by atoms with Gasteiger partial charge in [-0.2, -0.15) is 0 Å². The zero-order valence-electron chi connectivity index (χ0n) is 11.6. The summed E-state index contributed by atoms with van der Waals surface area (Å²) >= 11 is 0. The van der Waals surface area contributed by atoms with Gasteiger partial charge >= 0.3 is 0 Å². The standard InChI is InChI=1S/C14H21N3O2/c1-3-15-13-9-11(6-7-16-13)14(18)17(2)10-12-5-4-8-19-12/h6-7,9,12H,3-5,8,10H2,1-2H3,(H,15,16). The summed E-state index contributed by atoms with van der Waals surface area (Å²) in [5.74, 6) is 0.746. The van der Waals surface area contributed by atoms with Crippen molar-refractivity contribution in [1.82, 2.24) is 9.88 Å². The first-order valence-corrected chi connectivity index (χ1v) is 6.77. The Morgan fingerprint density at radius 2 is 2.47 bits per heavy atom. The molecule has 0 aromatic carbocycles. The molecule has 1 N–H and O–H groups in total. The van der Waals surface area contributed by atoms with E-state index in [1.54, 1.807) is 23.2 Å². The molecule has 1 aromatic heterocycles. The summed E-state index contributed by atoms with van der Waals surface area (Å²) in [5, 5.41) is 3.11. The number of carbonyl (C=O) groups is 1. The maximum absolute atomic E-state index is 12.3. The van der Waals surface area contributed by atoms with Gasteiger partial charge in [0.2, 0.25) is 0 Å². The first-order valence-electron chi connectivity index (χ1n) is 6.77. The molecule has 5 heteroatoms. The van der Waals surface area contributed by atoms with Gasteiger partial charge in [-0.3, -0.25) is 4.79 Å². The number of likely N-dealkylation sites (N-methyl/N-ethyl adjacent to an activating group) is 1. The number of nitrogens with zero attached hydrogens (tertiary/aromatic N) is 2. The quantitative estimate of drug-likeness (QED) is 0.879. The molecule has 0 spiro atoms. The van der Waals surface area contributed by atoms with Crippen LogP contribution in [0, 0.1) is 0 Å². The minimum absolute atomic E-state index is 0.0112. The van der Waals surface area contributed by atoms with E-state index in [1.807, 2.05) is 14.0 Å². The molecule has 1 aliphatic heterocycles. The van der Waals surface area contributed by atoms with E-state index in [0.717, 1.165) is 31.8 Å². The van der Waals surface area contributed by atoms with Crippen LogP contribution in [0.2, 0.25) is 0 Å². The number of anilines is 1. The third-order valence-electron chi connectivity index (χ3n) is 3.21. The largest absolute Gasteiger partial charge is 0.376 e. The van der Waals surface area contributed by atoms with Crippen molar-refractivity contribution >= 4 is 11.7 Å². The zero-order valence-corrected chi connectivity index (χ0v) is 11.6. The van der Waals surface area contributed by atoms with Gasteiger partial charge in [0, 0.05) is 38.5 Å². The molecule has 1 fully saturated rings. The number of hydrogen-bond acceptors (Lipinski definition) is 4. The molecule has 0 radical (unpaired) electrons. The molecule has 2 heterocycles. The predicted molar refractivity (Wildman–Crippen MR) is 74.3 cm³/mol. The Kier molecular flexibility index (Phi) is 4.74. The molecule has 1 amide bonds. The van der Waals surface area contributed by atoms with Crippen LogP contribution in [0.3, 0.4) is 0 Å². The summed E-state index contributed by atoms with van der Waals surface area (Å²) < 4.78 is 5.55. The van der Waals surface area contributed by atoms with E-state index < -0.39 is 0 Å². The monoisotopic (exact) mass is 263 g/mol. The van der Waals surface area contributed by atoms with E-state index in [4.69, 9.17) is 4.74 Å². The van der Waals surface area contributed by atoms with Crippen LogP contribution >= 0.6 is 0 Å². The fourth-order valence-corrected chi connectivity index (χ4v) is 2.24. The molecule has 2 rings (SSSR count). The second-order valence-corrected chi connectivity index (χ2v) is 4.78. The van der Waals surface area contributed by atoms with Crippen molar-refractivity contribution in [3.8, 4) is 0 Å². The van der Waals surface area contributed by atoms with E-state index in [1.165, 1.54) is 0 Å². The number of rotatable bonds is 5. The topological polar surface area (TPSA) is 54.5 Å². The Labute approximate surface area is 114 Å². The van der Waals surface area contributed by atoms with Crippen molar-refractivity contribution < 1.29 is 9.53 Å². The first kappa shape index (κ1) is 13.8. The average Bonchev–Trinajstić information content (AvgIpc) is 2.91. The van der Waals surface area contributed by atoms with Crippen molar-refractivity contribution in [3.05, 3.63) is 23.9 Å². The molecule has 1 unspecified atom stereocenters. The molecule has 0 bridgehead atoms. The SMILES string of the molecule is CCNc1cc(C(=O)N(C)CC2CCCO2)ccn1. The lowest BCUT2D eigenvalue weighted by Crippen LogP contribution is -2.34. The molecule has 1 saturated heterocycles. The van der Waals surface area contributed by atoms with Crippen molar-refractivity contribution in [2.45, 2.75) is 25.9 Å². The predicted octanol–water partition coefficient (Wildman–Crippen LogP) is 1.76. The number of ether oxygens (including phenoxy) is 1. The number of nitrogens with one attached hydrogen (secondary N) is 1. The van der Waals surface area contributed by atoms with Gasteiger partial charge < -0.3 is 15.0 Å². The minimum Gasteiger partial charge on any atom is -0.376 e. The Bertz CT molecular complexity index is 430. The van der Waals surface area contributed by atoms with Gasteiger partial charge in [0.25, 0.3) is 5.91 Å². The van der Waals surface area contributed by atoms with Crippen molar-refractivity contribution in [3.63, 3.8) is 0 Å². The van der Waals surface area contributed by atoms with Crippen LogP contribution in [0.25, 0.3) is 0 Å². The summed E-state index contributed by atoms with van der Waals surface area (Å²) in [6.07, 6.45) is 3.97. The Hall–Kier alpha value is -1.62.